The zero-order valence-corrected chi connectivity index (χ0v) is 12.5. The van der Waals surface area contributed by atoms with Crippen LogP contribution in [0, 0.1) is 0 Å². The molecule has 0 radical (unpaired) electrons. The van der Waals surface area contributed by atoms with Crippen LogP contribution in [-0.4, -0.2) is 18.6 Å². The summed E-state index contributed by atoms with van der Waals surface area (Å²) in [5.74, 6) is 0. The molecule has 2 aromatic carbocycles. The molecule has 21 heavy (non-hydrogen) atoms. The van der Waals surface area contributed by atoms with Crippen LogP contribution in [0.5, 0.6) is 0 Å². The first-order valence-corrected chi connectivity index (χ1v) is 7.52. The van der Waals surface area contributed by atoms with Crippen LogP contribution >= 0.6 is 11.6 Å². The molecule has 0 saturated carbocycles. The van der Waals surface area contributed by atoms with E-state index in [0.717, 1.165) is 5.57 Å². The third kappa shape index (κ3) is 3.44. The van der Waals surface area contributed by atoms with E-state index in [9.17, 15) is 0 Å². The van der Waals surface area contributed by atoms with E-state index in [4.69, 9.17) is 16.3 Å². The van der Waals surface area contributed by atoms with Crippen LogP contribution in [0.25, 0.3) is 5.57 Å². The van der Waals surface area contributed by atoms with E-state index in [1.54, 1.807) is 0 Å². The summed E-state index contributed by atoms with van der Waals surface area (Å²) in [6.07, 6.45) is 4.25. The molecule has 1 aliphatic rings. The summed E-state index contributed by atoms with van der Waals surface area (Å²) < 4.78 is 5.37. The van der Waals surface area contributed by atoms with Gasteiger partial charge in [0.05, 0.1) is 18.6 Å². The molecule has 0 fully saturated rings. The van der Waals surface area contributed by atoms with Gasteiger partial charge in [0.15, 0.2) is 0 Å². The van der Waals surface area contributed by atoms with Crippen LogP contribution < -0.4 is 0 Å². The first-order valence-electron chi connectivity index (χ1n) is 7.09. The standard InChI is InChI=1S/C19H17ClO/c20-19-14-21-12-11-17(19)13-18(15-7-3-1-4-8-15)16-9-5-2-6-10-16/h1-11,13,19H,12,14H2. The molecular formula is C19H17ClO. The molecule has 1 heterocycles. The van der Waals surface area contributed by atoms with Crippen molar-refractivity contribution in [1.82, 2.24) is 0 Å². The maximum atomic E-state index is 6.36. The van der Waals surface area contributed by atoms with E-state index in [1.807, 2.05) is 12.1 Å². The van der Waals surface area contributed by atoms with Crippen LogP contribution in [0.4, 0.5) is 0 Å². The fourth-order valence-corrected chi connectivity index (χ4v) is 2.68. The Bertz CT molecular complexity index is 602. The van der Waals surface area contributed by atoms with Gasteiger partial charge >= 0.3 is 0 Å². The monoisotopic (exact) mass is 296 g/mol. The minimum atomic E-state index is -0.0822. The number of benzene rings is 2. The summed E-state index contributed by atoms with van der Waals surface area (Å²) in [5.41, 5.74) is 4.71. The average Bonchev–Trinajstić information content (AvgIpc) is 2.56. The maximum Gasteiger partial charge on any atom is 0.0817 e. The van der Waals surface area contributed by atoms with Gasteiger partial charge in [-0.3, -0.25) is 0 Å². The summed E-state index contributed by atoms with van der Waals surface area (Å²) >= 11 is 6.36. The van der Waals surface area contributed by atoms with Gasteiger partial charge < -0.3 is 4.74 Å². The van der Waals surface area contributed by atoms with Crippen LogP contribution in [0.2, 0.25) is 0 Å². The third-order valence-corrected chi connectivity index (χ3v) is 3.92. The van der Waals surface area contributed by atoms with Gasteiger partial charge in [-0.05, 0) is 28.3 Å². The number of hydrogen-bond donors (Lipinski definition) is 0. The Morgan fingerprint density at radius 3 is 2.05 bits per heavy atom. The van der Waals surface area contributed by atoms with Crippen molar-refractivity contribution in [2.24, 2.45) is 0 Å². The zero-order chi connectivity index (χ0) is 14.5. The summed E-state index contributed by atoms with van der Waals surface area (Å²) in [4.78, 5) is 0. The molecule has 0 aromatic heterocycles. The number of halogens is 1. The first kappa shape index (κ1) is 14.1. The lowest BCUT2D eigenvalue weighted by atomic mass is 9.94. The quantitative estimate of drug-likeness (QED) is 0.747. The molecule has 0 spiro atoms. The zero-order valence-electron chi connectivity index (χ0n) is 11.7. The lowest BCUT2D eigenvalue weighted by Gasteiger charge is -2.18. The van der Waals surface area contributed by atoms with Crippen LogP contribution in [0.15, 0.2) is 78.4 Å². The Morgan fingerprint density at radius 2 is 1.52 bits per heavy atom. The summed E-state index contributed by atoms with van der Waals surface area (Å²) in [7, 11) is 0. The molecule has 1 unspecified atom stereocenters. The van der Waals surface area contributed by atoms with Gasteiger partial charge in [-0.15, -0.1) is 11.6 Å². The molecule has 3 rings (SSSR count). The number of allylic oxidation sites excluding steroid dienone is 1. The van der Waals surface area contributed by atoms with Gasteiger partial charge in [-0.1, -0.05) is 66.7 Å². The van der Waals surface area contributed by atoms with Crippen LogP contribution in [0.1, 0.15) is 11.1 Å². The van der Waals surface area contributed by atoms with Gasteiger partial charge in [0, 0.05) is 0 Å². The highest BCUT2D eigenvalue weighted by atomic mass is 35.5. The average molecular weight is 297 g/mol. The number of alkyl halides is 1. The molecule has 0 aliphatic carbocycles. The topological polar surface area (TPSA) is 9.23 Å². The maximum absolute atomic E-state index is 6.36. The van der Waals surface area contributed by atoms with Gasteiger partial charge in [-0.25, -0.2) is 0 Å². The molecule has 1 atom stereocenters. The van der Waals surface area contributed by atoms with Crippen molar-refractivity contribution >= 4 is 17.2 Å². The van der Waals surface area contributed by atoms with Gasteiger partial charge in [0.25, 0.3) is 0 Å². The van der Waals surface area contributed by atoms with Crippen molar-refractivity contribution in [3.05, 3.63) is 89.5 Å². The molecule has 0 N–H and O–H groups in total. The fraction of sp³-hybridized carbons (Fsp3) is 0.158. The molecule has 2 heteroatoms. The van der Waals surface area contributed by atoms with Gasteiger partial charge in [0.1, 0.15) is 0 Å². The molecule has 2 aromatic rings. The molecular weight excluding hydrogens is 280 g/mol. The Balaban J connectivity index is 2.07. The second kappa shape index (κ2) is 6.75. The predicted molar refractivity (Wildman–Crippen MR) is 88.5 cm³/mol. The Kier molecular flexibility index (Phi) is 4.54. The van der Waals surface area contributed by atoms with Crippen molar-refractivity contribution in [3.8, 4) is 0 Å². The Hall–Kier alpha value is -1.83. The smallest absolute Gasteiger partial charge is 0.0817 e. The Morgan fingerprint density at radius 1 is 0.952 bits per heavy atom. The highest BCUT2D eigenvalue weighted by Gasteiger charge is 2.15. The summed E-state index contributed by atoms with van der Waals surface area (Å²) in [6, 6.07) is 20.8. The molecule has 106 valence electrons. The van der Waals surface area contributed by atoms with Crippen molar-refractivity contribution in [1.29, 1.82) is 0 Å². The molecule has 0 bridgehead atoms. The second-order valence-electron chi connectivity index (χ2n) is 5.00. The van der Waals surface area contributed by atoms with E-state index in [-0.39, 0.29) is 5.38 Å². The molecule has 1 nitrogen and oxygen atoms in total. The summed E-state index contributed by atoms with van der Waals surface area (Å²) in [6.45, 7) is 1.20. The van der Waals surface area contributed by atoms with E-state index in [1.165, 1.54) is 16.7 Å². The van der Waals surface area contributed by atoms with E-state index in [2.05, 4.69) is 60.7 Å². The first-order chi connectivity index (χ1) is 10.3. The molecule has 0 saturated heterocycles. The van der Waals surface area contributed by atoms with Crippen molar-refractivity contribution in [2.75, 3.05) is 13.2 Å². The number of hydrogen-bond acceptors (Lipinski definition) is 1. The lowest BCUT2D eigenvalue weighted by Crippen LogP contribution is -2.17. The molecule has 1 aliphatic heterocycles. The number of ether oxygens (including phenoxy) is 1. The predicted octanol–water partition coefficient (Wildman–Crippen LogP) is 4.68. The normalized spacial score (nSPS) is 18.0. The largest absolute Gasteiger partial charge is 0.375 e. The van der Waals surface area contributed by atoms with Crippen molar-refractivity contribution < 1.29 is 4.74 Å². The van der Waals surface area contributed by atoms with Gasteiger partial charge in [0.2, 0.25) is 0 Å². The Labute approximate surface area is 130 Å². The third-order valence-electron chi connectivity index (χ3n) is 3.54. The van der Waals surface area contributed by atoms with Gasteiger partial charge in [-0.2, -0.15) is 0 Å². The minimum absolute atomic E-state index is 0.0822. The van der Waals surface area contributed by atoms with E-state index in [0.29, 0.717) is 13.2 Å². The lowest BCUT2D eigenvalue weighted by molar-refractivity contribution is 0.158. The summed E-state index contributed by atoms with van der Waals surface area (Å²) in [5, 5.41) is -0.0822. The second-order valence-corrected chi connectivity index (χ2v) is 5.53. The van der Waals surface area contributed by atoms with Crippen molar-refractivity contribution in [2.45, 2.75) is 5.38 Å². The van der Waals surface area contributed by atoms with Crippen molar-refractivity contribution in [3.63, 3.8) is 0 Å². The van der Waals surface area contributed by atoms with Crippen LogP contribution in [0.3, 0.4) is 0 Å². The SMILES string of the molecule is ClC1COCC=C1C=C(c1ccccc1)c1ccccc1. The molecule has 0 amide bonds. The minimum Gasteiger partial charge on any atom is -0.375 e. The highest BCUT2D eigenvalue weighted by Crippen LogP contribution is 2.27. The van der Waals surface area contributed by atoms with E-state index >= 15 is 0 Å². The van der Waals surface area contributed by atoms with E-state index < -0.39 is 0 Å². The fourth-order valence-electron chi connectivity index (χ4n) is 2.44. The number of rotatable bonds is 3. The highest BCUT2D eigenvalue weighted by molar-refractivity contribution is 6.23. The van der Waals surface area contributed by atoms with Crippen LogP contribution in [-0.2, 0) is 4.74 Å².